The Balaban J connectivity index is 3.27. The molecule has 0 spiro atoms. The molecule has 63 valence electrons. The lowest BCUT2D eigenvalue weighted by molar-refractivity contribution is 0.0693. The SMILES string of the molecule is [CH2]c1cccc(C(=O)O)c1CO. The Labute approximate surface area is 70.3 Å². The van der Waals surface area contributed by atoms with Crippen LogP contribution in [-0.4, -0.2) is 16.2 Å². The summed E-state index contributed by atoms with van der Waals surface area (Å²) in [6.07, 6.45) is 0. The molecule has 0 fully saturated rings. The Morgan fingerprint density at radius 3 is 2.58 bits per heavy atom. The average Bonchev–Trinajstić information content (AvgIpc) is 2.03. The van der Waals surface area contributed by atoms with E-state index in [1.807, 2.05) is 0 Å². The van der Waals surface area contributed by atoms with E-state index in [-0.39, 0.29) is 12.2 Å². The van der Waals surface area contributed by atoms with E-state index in [0.717, 1.165) is 0 Å². The van der Waals surface area contributed by atoms with Gasteiger partial charge in [-0.05, 0) is 24.1 Å². The molecule has 0 amide bonds. The summed E-state index contributed by atoms with van der Waals surface area (Å²) in [5.74, 6) is -1.04. The maximum absolute atomic E-state index is 10.6. The van der Waals surface area contributed by atoms with E-state index >= 15 is 0 Å². The lowest BCUT2D eigenvalue weighted by Gasteiger charge is -2.05. The predicted octanol–water partition coefficient (Wildman–Crippen LogP) is 1.06. The molecule has 1 radical (unpaired) electrons. The van der Waals surface area contributed by atoms with Gasteiger partial charge in [-0.15, -0.1) is 0 Å². The van der Waals surface area contributed by atoms with E-state index in [1.54, 1.807) is 12.1 Å². The van der Waals surface area contributed by atoms with Crippen molar-refractivity contribution in [3.05, 3.63) is 41.8 Å². The van der Waals surface area contributed by atoms with E-state index in [0.29, 0.717) is 11.1 Å². The van der Waals surface area contributed by atoms with Crippen molar-refractivity contribution in [2.24, 2.45) is 0 Å². The third-order valence-electron chi connectivity index (χ3n) is 1.66. The fraction of sp³-hybridized carbons (Fsp3) is 0.111. The second kappa shape index (κ2) is 3.36. The van der Waals surface area contributed by atoms with E-state index in [1.165, 1.54) is 6.07 Å². The summed E-state index contributed by atoms with van der Waals surface area (Å²) in [5, 5.41) is 17.5. The number of aliphatic hydroxyl groups is 1. The van der Waals surface area contributed by atoms with Crippen LogP contribution in [0.25, 0.3) is 0 Å². The van der Waals surface area contributed by atoms with Crippen LogP contribution in [0.1, 0.15) is 21.5 Å². The molecular weight excluding hydrogens is 156 g/mol. The van der Waals surface area contributed by atoms with Gasteiger partial charge < -0.3 is 10.2 Å². The monoisotopic (exact) mass is 165 g/mol. The minimum Gasteiger partial charge on any atom is -0.478 e. The Bertz CT molecular complexity index is 305. The number of hydrogen-bond acceptors (Lipinski definition) is 2. The molecule has 1 aromatic carbocycles. The maximum Gasteiger partial charge on any atom is 0.336 e. The summed E-state index contributed by atoms with van der Waals surface area (Å²) in [6, 6.07) is 4.71. The summed E-state index contributed by atoms with van der Waals surface area (Å²) in [6.45, 7) is 3.32. The van der Waals surface area contributed by atoms with Crippen molar-refractivity contribution in [3.63, 3.8) is 0 Å². The Hall–Kier alpha value is -1.35. The van der Waals surface area contributed by atoms with Gasteiger partial charge in [-0.1, -0.05) is 12.1 Å². The smallest absolute Gasteiger partial charge is 0.336 e. The number of aliphatic hydroxyl groups excluding tert-OH is 1. The topological polar surface area (TPSA) is 57.5 Å². The van der Waals surface area contributed by atoms with Gasteiger partial charge in [-0.2, -0.15) is 0 Å². The third kappa shape index (κ3) is 1.46. The van der Waals surface area contributed by atoms with Gasteiger partial charge in [0, 0.05) is 0 Å². The van der Waals surface area contributed by atoms with Gasteiger partial charge in [0.15, 0.2) is 0 Å². The van der Waals surface area contributed by atoms with Crippen LogP contribution in [0.15, 0.2) is 18.2 Å². The van der Waals surface area contributed by atoms with Crippen LogP contribution in [0.4, 0.5) is 0 Å². The first kappa shape index (κ1) is 8.74. The number of carbonyl (C=O) groups is 1. The summed E-state index contributed by atoms with van der Waals surface area (Å²) in [5.41, 5.74) is 1.05. The lowest BCUT2D eigenvalue weighted by Crippen LogP contribution is -2.03. The van der Waals surface area contributed by atoms with Crippen LogP contribution in [-0.2, 0) is 6.61 Å². The zero-order valence-electron chi connectivity index (χ0n) is 6.45. The molecule has 3 heteroatoms. The minimum absolute atomic E-state index is 0.116. The van der Waals surface area contributed by atoms with E-state index < -0.39 is 5.97 Å². The molecule has 0 aliphatic carbocycles. The molecule has 2 N–H and O–H groups in total. The Morgan fingerprint density at radius 2 is 2.17 bits per heavy atom. The molecule has 3 nitrogen and oxygen atoms in total. The first-order valence-electron chi connectivity index (χ1n) is 3.45. The molecule has 0 heterocycles. The maximum atomic E-state index is 10.6. The van der Waals surface area contributed by atoms with E-state index in [4.69, 9.17) is 10.2 Å². The molecule has 1 aromatic rings. The Morgan fingerprint density at radius 1 is 1.50 bits per heavy atom. The van der Waals surface area contributed by atoms with Gasteiger partial charge in [-0.25, -0.2) is 4.79 Å². The number of benzene rings is 1. The highest BCUT2D eigenvalue weighted by Gasteiger charge is 2.09. The molecule has 0 unspecified atom stereocenters. The van der Waals surface area contributed by atoms with Gasteiger partial charge in [-0.3, -0.25) is 0 Å². The zero-order valence-corrected chi connectivity index (χ0v) is 6.45. The molecule has 0 saturated carbocycles. The van der Waals surface area contributed by atoms with Crippen molar-refractivity contribution in [1.82, 2.24) is 0 Å². The van der Waals surface area contributed by atoms with Crippen LogP contribution < -0.4 is 0 Å². The van der Waals surface area contributed by atoms with E-state index in [2.05, 4.69) is 6.92 Å². The molecule has 0 bridgehead atoms. The highest BCUT2D eigenvalue weighted by atomic mass is 16.4. The molecular formula is C9H9O3. The summed E-state index contributed by atoms with van der Waals surface area (Å²) in [7, 11) is 0. The molecule has 0 atom stereocenters. The first-order chi connectivity index (χ1) is 5.66. The Kier molecular flexibility index (Phi) is 2.45. The number of carboxylic acid groups (broad SMARTS) is 1. The molecule has 0 aliphatic heterocycles. The number of rotatable bonds is 2. The van der Waals surface area contributed by atoms with Crippen LogP contribution in [0.2, 0.25) is 0 Å². The molecule has 0 aliphatic rings. The number of hydrogen-bond donors (Lipinski definition) is 2. The molecule has 0 aromatic heterocycles. The lowest BCUT2D eigenvalue weighted by atomic mass is 10.0. The molecule has 0 saturated heterocycles. The normalized spacial score (nSPS) is 9.83. The summed E-state index contributed by atoms with van der Waals surface area (Å²) >= 11 is 0. The van der Waals surface area contributed by atoms with Gasteiger partial charge in [0.05, 0.1) is 12.2 Å². The molecule has 12 heavy (non-hydrogen) atoms. The fourth-order valence-electron chi connectivity index (χ4n) is 1.02. The molecule has 1 rings (SSSR count). The number of aromatic carboxylic acids is 1. The third-order valence-corrected chi connectivity index (χ3v) is 1.66. The first-order valence-corrected chi connectivity index (χ1v) is 3.45. The number of carboxylic acids is 1. The highest BCUT2D eigenvalue weighted by Crippen LogP contribution is 2.13. The van der Waals surface area contributed by atoms with Crippen LogP contribution in [0.3, 0.4) is 0 Å². The van der Waals surface area contributed by atoms with Crippen molar-refractivity contribution < 1.29 is 15.0 Å². The fourth-order valence-corrected chi connectivity index (χ4v) is 1.02. The van der Waals surface area contributed by atoms with Gasteiger partial charge >= 0.3 is 5.97 Å². The average molecular weight is 165 g/mol. The van der Waals surface area contributed by atoms with E-state index in [9.17, 15) is 4.79 Å². The second-order valence-electron chi connectivity index (χ2n) is 2.41. The summed E-state index contributed by atoms with van der Waals surface area (Å²) < 4.78 is 0. The predicted molar refractivity (Wildman–Crippen MR) is 43.8 cm³/mol. The van der Waals surface area contributed by atoms with Crippen molar-refractivity contribution in [3.8, 4) is 0 Å². The second-order valence-corrected chi connectivity index (χ2v) is 2.41. The van der Waals surface area contributed by atoms with Gasteiger partial charge in [0.1, 0.15) is 0 Å². The highest BCUT2D eigenvalue weighted by molar-refractivity contribution is 5.89. The quantitative estimate of drug-likeness (QED) is 0.688. The minimum atomic E-state index is -1.04. The van der Waals surface area contributed by atoms with Crippen molar-refractivity contribution >= 4 is 5.97 Å². The van der Waals surface area contributed by atoms with Gasteiger partial charge in [0.25, 0.3) is 0 Å². The standard InChI is InChI=1S/C9H9O3/c1-6-3-2-4-7(9(11)12)8(6)5-10/h2-4,10H,1,5H2,(H,11,12). The van der Waals surface area contributed by atoms with Crippen LogP contribution in [0, 0.1) is 6.92 Å². The zero-order chi connectivity index (χ0) is 9.14. The van der Waals surface area contributed by atoms with Crippen molar-refractivity contribution in [2.45, 2.75) is 6.61 Å². The van der Waals surface area contributed by atoms with Crippen molar-refractivity contribution in [1.29, 1.82) is 0 Å². The largest absolute Gasteiger partial charge is 0.478 e. The summed E-state index contributed by atoms with van der Waals surface area (Å²) in [4.78, 5) is 10.6. The van der Waals surface area contributed by atoms with Crippen molar-refractivity contribution in [2.75, 3.05) is 0 Å². The van der Waals surface area contributed by atoms with Crippen LogP contribution in [0.5, 0.6) is 0 Å². The van der Waals surface area contributed by atoms with Crippen LogP contribution >= 0.6 is 0 Å². The van der Waals surface area contributed by atoms with Gasteiger partial charge in [0.2, 0.25) is 0 Å².